The summed E-state index contributed by atoms with van der Waals surface area (Å²) in [6.45, 7) is 9.43. The zero-order valence-corrected chi connectivity index (χ0v) is 11.1. The third-order valence-corrected chi connectivity index (χ3v) is 6.87. The van der Waals surface area contributed by atoms with Gasteiger partial charge in [-0.2, -0.15) is 0 Å². The summed E-state index contributed by atoms with van der Waals surface area (Å²) in [7, 11) is -11.1. The predicted octanol–water partition coefficient (Wildman–Crippen LogP) is 6.08. The molecule has 0 aromatic rings. The second kappa shape index (κ2) is 4.37. The van der Waals surface area contributed by atoms with E-state index in [1.165, 1.54) is 18.5 Å². The van der Waals surface area contributed by atoms with Crippen LogP contribution in [0.25, 0.3) is 0 Å². The van der Waals surface area contributed by atoms with Gasteiger partial charge in [-0.1, -0.05) is 0 Å². The van der Waals surface area contributed by atoms with Gasteiger partial charge in [-0.15, -0.1) is 0 Å². The topological polar surface area (TPSA) is 0 Å². The van der Waals surface area contributed by atoms with E-state index < -0.39 is 15.1 Å². The maximum absolute atomic E-state index is 10.7. The molecule has 0 aliphatic heterocycles. The minimum absolute atomic E-state index is 0.412. The van der Waals surface area contributed by atoms with E-state index in [2.05, 4.69) is 27.4 Å². The molecule has 0 aromatic carbocycles. The van der Waals surface area contributed by atoms with Crippen molar-refractivity contribution in [2.75, 3.05) is 25.2 Å². The van der Waals surface area contributed by atoms with Crippen LogP contribution in [0.2, 0.25) is 0 Å². The molecule has 0 aliphatic carbocycles. The van der Waals surface area contributed by atoms with Gasteiger partial charge in [0, 0.05) is 13.9 Å². The molecule has 0 aromatic heterocycles. The quantitative estimate of drug-likeness (QED) is 0.433. The van der Waals surface area contributed by atoms with Gasteiger partial charge in [0.2, 0.25) is 0 Å². The minimum atomic E-state index is -10.7. The molecule has 0 bridgehead atoms. The molecule has 0 saturated carbocycles. The van der Waals surface area contributed by atoms with E-state index in [1.54, 1.807) is 0 Å². The van der Waals surface area contributed by atoms with Crippen LogP contribution in [0.1, 0.15) is 20.8 Å². The average Bonchev–Trinajstić information content (AvgIpc) is 1.97. The molecule has 0 saturated heterocycles. The fourth-order valence-electron chi connectivity index (χ4n) is 0.671. The monoisotopic (exact) mass is 278 g/mol. The summed E-state index contributed by atoms with van der Waals surface area (Å²) >= 11 is 0. The number of halogens is 6. The van der Waals surface area contributed by atoms with E-state index in [1.807, 2.05) is 0 Å². The molecule has 0 fully saturated rings. The van der Waals surface area contributed by atoms with Crippen molar-refractivity contribution in [2.24, 2.45) is 0 Å². The summed E-state index contributed by atoms with van der Waals surface area (Å²) in [6.07, 6.45) is 4.29. The fraction of sp³-hybridized carbons (Fsp3) is 1.00. The van der Waals surface area contributed by atoms with Crippen molar-refractivity contribution < 1.29 is 25.2 Å². The zero-order valence-electron chi connectivity index (χ0n) is 9.28. The van der Waals surface area contributed by atoms with E-state index >= 15 is 0 Å². The molecule has 0 nitrogen and oxygen atoms in total. The van der Waals surface area contributed by atoms with Crippen LogP contribution >= 0.6 is 15.1 Å². The molecule has 0 heterocycles. The van der Waals surface area contributed by atoms with Gasteiger partial charge in [0.25, 0.3) is 0 Å². The summed E-state index contributed by atoms with van der Waals surface area (Å²) in [6, 6.07) is 0. The molecule has 8 heteroatoms. The fourth-order valence-corrected chi connectivity index (χ4v) is 2.01. The first-order chi connectivity index (χ1) is 6.13. The van der Waals surface area contributed by atoms with Gasteiger partial charge < -0.3 is 0 Å². The third kappa shape index (κ3) is 25.1. The van der Waals surface area contributed by atoms with E-state index in [0.717, 1.165) is 0 Å². The standard InChI is InChI=1S/C7H18P.F6P/c1-5-8(4,6-2)7-3;1-7(2,3,4,5)6/h5-7H2,1-4H3;/q+1;-1. The molecule has 98 valence electrons. The predicted molar refractivity (Wildman–Crippen MR) is 58.0 cm³/mol. The molecule has 0 atom stereocenters. The Morgan fingerprint density at radius 3 is 0.867 bits per heavy atom. The maximum atomic E-state index is 9.87. The Morgan fingerprint density at radius 2 is 0.867 bits per heavy atom. The van der Waals surface area contributed by atoms with Crippen LogP contribution in [0.15, 0.2) is 0 Å². The molecular formula is C7H18F6P2. The van der Waals surface area contributed by atoms with Crippen LogP contribution in [0.4, 0.5) is 25.2 Å². The van der Waals surface area contributed by atoms with Crippen LogP contribution in [0, 0.1) is 0 Å². The first kappa shape index (κ1) is 17.8. The van der Waals surface area contributed by atoms with Crippen LogP contribution in [-0.2, 0) is 0 Å². The zero-order chi connectivity index (χ0) is 13.0. The summed E-state index contributed by atoms with van der Waals surface area (Å²) in [5.74, 6) is 0. The molecule has 0 N–H and O–H groups in total. The van der Waals surface area contributed by atoms with Crippen LogP contribution in [0.5, 0.6) is 0 Å². The van der Waals surface area contributed by atoms with Crippen molar-refractivity contribution in [3.05, 3.63) is 0 Å². The summed E-state index contributed by atoms with van der Waals surface area (Å²) in [4.78, 5) is 0. The van der Waals surface area contributed by atoms with E-state index in [9.17, 15) is 25.2 Å². The van der Waals surface area contributed by atoms with Gasteiger partial charge in [0.05, 0.1) is 18.5 Å². The van der Waals surface area contributed by atoms with Crippen molar-refractivity contribution in [2.45, 2.75) is 20.8 Å². The molecule has 0 aliphatic rings. The van der Waals surface area contributed by atoms with Crippen molar-refractivity contribution in [3.63, 3.8) is 0 Å². The Kier molecular flexibility index (Phi) is 5.19. The van der Waals surface area contributed by atoms with Gasteiger partial charge in [-0.05, 0) is 20.8 Å². The molecule has 0 unspecified atom stereocenters. The van der Waals surface area contributed by atoms with Crippen molar-refractivity contribution in [3.8, 4) is 0 Å². The van der Waals surface area contributed by atoms with Crippen molar-refractivity contribution in [1.29, 1.82) is 0 Å². The number of hydrogen-bond donors (Lipinski definition) is 0. The van der Waals surface area contributed by atoms with Gasteiger partial charge in [0.1, 0.15) is 0 Å². The van der Waals surface area contributed by atoms with Gasteiger partial charge >= 0.3 is 33.0 Å². The molecule has 15 heavy (non-hydrogen) atoms. The first-order valence-corrected chi connectivity index (χ1v) is 9.35. The van der Waals surface area contributed by atoms with E-state index in [4.69, 9.17) is 0 Å². The Balaban J connectivity index is 0. The van der Waals surface area contributed by atoms with Crippen LogP contribution in [-0.4, -0.2) is 25.2 Å². The normalized spacial score (nSPS) is 17.2. The number of hydrogen-bond acceptors (Lipinski definition) is 0. The average molecular weight is 278 g/mol. The number of rotatable bonds is 3. The molecule has 0 amide bonds. The molecule has 0 rings (SSSR count). The third-order valence-electron chi connectivity index (χ3n) is 2.29. The summed E-state index contributed by atoms with van der Waals surface area (Å²) < 4.78 is 59.2. The summed E-state index contributed by atoms with van der Waals surface area (Å²) in [5, 5.41) is 0. The Labute approximate surface area is 87.0 Å². The Morgan fingerprint density at radius 1 is 0.733 bits per heavy atom. The SMILES string of the molecule is CC[P+](C)(CC)CC.F[P-](F)(F)(F)(F)F. The van der Waals surface area contributed by atoms with E-state index in [0.29, 0.717) is 0 Å². The van der Waals surface area contributed by atoms with Crippen molar-refractivity contribution in [1.82, 2.24) is 0 Å². The van der Waals surface area contributed by atoms with Gasteiger partial charge in [-0.3, -0.25) is 0 Å². The van der Waals surface area contributed by atoms with Crippen LogP contribution in [0.3, 0.4) is 0 Å². The molecule has 0 spiro atoms. The van der Waals surface area contributed by atoms with E-state index in [-0.39, 0.29) is 0 Å². The van der Waals surface area contributed by atoms with Gasteiger partial charge in [0.15, 0.2) is 0 Å². The summed E-state index contributed by atoms with van der Waals surface area (Å²) in [5.41, 5.74) is 0. The van der Waals surface area contributed by atoms with Gasteiger partial charge in [-0.25, -0.2) is 0 Å². The van der Waals surface area contributed by atoms with Crippen molar-refractivity contribution >= 4 is 15.1 Å². The second-order valence-electron chi connectivity index (χ2n) is 3.53. The Hall–Kier alpha value is 0.440. The first-order valence-electron chi connectivity index (χ1n) is 4.53. The second-order valence-corrected chi connectivity index (χ2v) is 10.6. The molecule has 0 radical (unpaired) electrons. The Bertz CT molecular complexity index is 169. The molecular weight excluding hydrogens is 260 g/mol. The van der Waals surface area contributed by atoms with Crippen LogP contribution < -0.4 is 0 Å².